The molecule has 4 N–H and O–H groups in total. The molecule has 1 aromatic carbocycles. The van der Waals surface area contributed by atoms with Gasteiger partial charge in [0.25, 0.3) is 5.91 Å². The van der Waals surface area contributed by atoms with Crippen LogP contribution < -0.4 is 5.43 Å². The maximum absolute atomic E-state index is 11.7. The van der Waals surface area contributed by atoms with Crippen molar-refractivity contribution in [3.63, 3.8) is 0 Å². The number of hydrogen-bond donors (Lipinski definition) is 4. The minimum absolute atomic E-state index is 0.00288. The molecule has 6 nitrogen and oxygen atoms in total. The van der Waals surface area contributed by atoms with E-state index in [2.05, 4.69) is 10.5 Å². The zero-order valence-electron chi connectivity index (χ0n) is 10.4. The smallest absolute Gasteiger partial charge is 0.271 e. The zero-order valence-corrected chi connectivity index (χ0v) is 10.4. The molecule has 1 amide bonds. The fourth-order valence-corrected chi connectivity index (χ4v) is 1.07. The Kier molecular flexibility index (Phi) is 4.14. The highest BCUT2D eigenvalue weighted by molar-refractivity contribution is 5.96. The number of hydrazone groups is 1. The molecular formula is C12H16N2O4. The summed E-state index contributed by atoms with van der Waals surface area (Å²) in [6.07, 6.45) is 0. The summed E-state index contributed by atoms with van der Waals surface area (Å²) in [4.78, 5) is 11.7. The first-order chi connectivity index (χ1) is 8.32. The summed E-state index contributed by atoms with van der Waals surface area (Å²) in [7, 11) is 0. The summed E-state index contributed by atoms with van der Waals surface area (Å²) in [6.45, 7) is 5.64. The van der Waals surface area contributed by atoms with E-state index >= 15 is 0 Å². The van der Waals surface area contributed by atoms with Gasteiger partial charge in [0.15, 0.2) is 17.2 Å². The monoisotopic (exact) mass is 252 g/mol. The van der Waals surface area contributed by atoms with Crippen LogP contribution in [0.4, 0.5) is 0 Å². The van der Waals surface area contributed by atoms with Crippen LogP contribution in [0, 0.1) is 5.92 Å². The minimum Gasteiger partial charge on any atom is -0.504 e. The molecule has 1 aromatic rings. The summed E-state index contributed by atoms with van der Waals surface area (Å²) in [6, 6.07) is 2.09. The van der Waals surface area contributed by atoms with Gasteiger partial charge in [0.2, 0.25) is 0 Å². The molecule has 0 saturated carbocycles. The lowest BCUT2D eigenvalue weighted by atomic mass is 10.1. The van der Waals surface area contributed by atoms with Gasteiger partial charge < -0.3 is 15.3 Å². The van der Waals surface area contributed by atoms with Crippen LogP contribution in [0.25, 0.3) is 0 Å². The van der Waals surface area contributed by atoms with Gasteiger partial charge in [-0.2, -0.15) is 5.10 Å². The molecular weight excluding hydrogens is 236 g/mol. The van der Waals surface area contributed by atoms with Gasteiger partial charge in [-0.25, -0.2) is 5.43 Å². The van der Waals surface area contributed by atoms with Crippen molar-refractivity contribution in [3.05, 3.63) is 17.7 Å². The first-order valence-corrected chi connectivity index (χ1v) is 5.42. The Morgan fingerprint density at radius 1 is 1.22 bits per heavy atom. The predicted octanol–water partition coefficient (Wildman–Crippen LogP) is 1.57. The van der Waals surface area contributed by atoms with E-state index < -0.39 is 23.2 Å². The van der Waals surface area contributed by atoms with E-state index in [1.807, 2.05) is 13.8 Å². The lowest BCUT2D eigenvalue weighted by Gasteiger charge is -2.06. The number of aromatic hydroxyl groups is 3. The molecule has 0 aliphatic heterocycles. The van der Waals surface area contributed by atoms with Crippen LogP contribution in [0.5, 0.6) is 17.2 Å². The second kappa shape index (κ2) is 5.39. The summed E-state index contributed by atoms with van der Waals surface area (Å²) in [5.41, 5.74) is 3.05. The predicted molar refractivity (Wildman–Crippen MR) is 66.8 cm³/mol. The van der Waals surface area contributed by atoms with Crippen molar-refractivity contribution in [3.8, 4) is 17.2 Å². The average molecular weight is 252 g/mol. The number of phenols is 3. The van der Waals surface area contributed by atoms with Gasteiger partial charge >= 0.3 is 0 Å². The van der Waals surface area contributed by atoms with Crippen LogP contribution >= 0.6 is 0 Å². The highest BCUT2D eigenvalue weighted by atomic mass is 16.3. The number of amides is 1. The average Bonchev–Trinajstić information content (AvgIpc) is 2.31. The van der Waals surface area contributed by atoms with Crippen LogP contribution in [0.15, 0.2) is 17.2 Å². The van der Waals surface area contributed by atoms with Crippen LogP contribution in [-0.4, -0.2) is 26.9 Å². The largest absolute Gasteiger partial charge is 0.504 e. The highest BCUT2D eigenvalue weighted by Gasteiger charge is 2.13. The maximum atomic E-state index is 11.7. The molecule has 6 heteroatoms. The molecule has 0 aliphatic rings. The molecule has 98 valence electrons. The van der Waals surface area contributed by atoms with Gasteiger partial charge in [-0.3, -0.25) is 4.79 Å². The van der Waals surface area contributed by atoms with E-state index in [0.29, 0.717) is 0 Å². The fraction of sp³-hybridized carbons (Fsp3) is 0.333. The van der Waals surface area contributed by atoms with Gasteiger partial charge in [-0.1, -0.05) is 13.8 Å². The summed E-state index contributed by atoms with van der Waals surface area (Å²) in [5, 5.41) is 31.6. The Bertz CT molecular complexity index is 472. The number of nitrogens with zero attached hydrogens (tertiary/aromatic N) is 1. The van der Waals surface area contributed by atoms with Crippen molar-refractivity contribution in [2.24, 2.45) is 11.0 Å². The molecule has 0 aromatic heterocycles. The van der Waals surface area contributed by atoms with E-state index in [1.165, 1.54) is 0 Å². The topological polar surface area (TPSA) is 102 Å². The lowest BCUT2D eigenvalue weighted by molar-refractivity contribution is 0.0953. The van der Waals surface area contributed by atoms with E-state index in [0.717, 1.165) is 17.8 Å². The van der Waals surface area contributed by atoms with Crippen molar-refractivity contribution in [2.75, 3.05) is 0 Å². The van der Waals surface area contributed by atoms with E-state index in [9.17, 15) is 15.0 Å². The van der Waals surface area contributed by atoms with Crippen molar-refractivity contribution < 1.29 is 20.1 Å². The van der Waals surface area contributed by atoms with E-state index in [4.69, 9.17) is 5.11 Å². The van der Waals surface area contributed by atoms with Crippen molar-refractivity contribution in [1.82, 2.24) is 5.43 Å². The number of nitrogens with one attached hydrogen (secondary N) is 1. The summed E-state index contributed by atoms with van der Waals surface area (Å²) >= 11 is 0. The first-order valence-electron chi connectivity index (χ1n) is 5.42. The third-order valence-electron chi connectivity index (χ3n) is 2.50. The third kappa shape index (κ3) is 3.13. The van der Waals surface area contributed by atoms with Gasteiger partial charge in [0, 0.05) is 11.3 Å². The number of carbonyl (C=O) groups is 1. The SMILES string of the molecule is CC(=NNC(=O)c1cc(O)c(O)c(O)c1)C(C)C. The normalized spacial score (nSPS) is 11.7. The molecule has 18 heavy (non-hydrogen) atoms. The maximum Gasteiger partial charge on any atom is 0.271 e. The second-order valence-corrected chi connectivity index (χ2v) is 4.21. The molecule has 0 atom stereocenters. The fourth-order valence-electron chi connectivity index (χ4n) is 1.07. The summed E-state index contributed by atoms with van der Waals surface area (Å²) < 4.78 is 0. The van der Waals surface area contributed by atoms with Crippen molar-refractivity contribution >= 4 is 11.6 Å². The quantitative estimate of drug-likeness (QED) is 0.372. The lowest BCUT2D eigenvalue weighted by Crippen LogP contribution is -2.20. The van der Waals surface area contributed by atoms with E-state index in [1.54, 1.807) is 6.92 Å². The number of benzene rings is 1. The first kappa shape index (κ1) is 13.8. The molecule has 0 radical (unpaired) electrons. The Hall–Kier alpha value is -2.24. The Balaban J connectivity index is 2.89. The van der Waals surface area contributed by atoms with Gasteiger partial charge in [0.1, 0.15) is 0 Å². The number of carbonyl (C=O) groups excluding carboxylic acids is 1. The summed E-state index contributed by atoms with van der Waals surface area (Å²) in [5.74, 6) is -2.17. The Labute approximate surface area is 105 Å². The standard InChI is InChI=1S/C12H16N2O4/c1-6(2)7(3)13-14-12(18)8-4-9(15)11(17)10(16)5-8/h4-6,15-17H,1-3H3,(H,14,18). The second-order valence-electron chi connectivity index (χ2n) is 4.21. The van der Waals surface area contributed by atoms with Crippen molar-refractivity contribution in [2.45, 2.75) is 20.8 Å². The molecule has 0 bridgehead atoms. The van der Waals surface area contributed by atoms with Crippen molar-refractivity contribution in [1.29, 1.82) is 0 Å². The van der Waals surface area contributed by atoms with Crippen LogP contribution in [0.3, 0.4) is 0 Å². The molecule has 0 aliphatic carbocycles. The molecule has 0 heterocycles. The minimum atomic E-state index is -0.659. The third-order valence-corrected chi connectivity index (χ3v) is 2.50. The Morgan fingerprint density at radius 3 is 2.17 bits per heavy atom. The number of rotatable bonds is 3. The number of phenolic OH excluding ortho intramolecular Hbond substituents is 3. The highest BCUT2D eigenvalue weighted by Crippen LogP contribution is 2.35. The number of hydrogen-bond acceptors (Lipinski definition) is 5. The molecule has 1 rings (SSSR count). The molecule has 0 fully saturated rings. The Morgan fingerprint density at radius 2 is 1.72 bits per heavy atom. The van der Waals surface area contributed by atoms with Gasteiger partial charge in [-0.05, 0) is 25.0 Å². The van der Waals surface area contributed by atoms with Gasteiger partial charge in [0.05, 0.1) is 0 Å². The molecule has 0 saturated heterocycles. The molecule has 0 spiro atoms. The van der Waals surface area contributed by atoms with Gasteiger partial charge in [-0.15, -0.1) is 0 Å². The zero-order chi connectivity index (χ0) is 13.9. The molecule has 0 unspecified atom stereocenters. The van der Waals surface area contributed by atoms with Crippen LogP contribution in [-0.2, 0) is 0 Å². The van der Waals surface area contributed by atoms with Crippen LogP contribution in [0.1, 0.15) is 31.1 Å². The van der Waals surface area contributed by atoms with Crippen LogP contribution in [0.2, 0.25) is 0 Å². The van der Waals surface area contributed by atoms with E-state index in [-0.39, 0.29) is 11.5 Å².